The molecule has 2 aromatic carbocycles. The van der Waals surface area contributed by atoms with Crippen LogP contribution in [0.15, 0.2) is 42.5 Å². The quantitative estimate of drug-likeness (QED) is 0.602. The number of hydrogen-bond acceptors (Lipinski definition) is 5. The number of nitrogens with two attached hydrogens (primary N) is 1. The minimum atomic E-state index is -0.704. The maximum Gasteiger partial charge on any atom is 0.293 e. The minimum Gasteiger partial charge on any atom is -0.380 e. The molecule has 0 fully saturated rings. The Kier molecular flexibility index (Phi) is 5.27. The molecular formula is C16H17N3O4. The molecular weight excluding hydrogens is 298 g/mol. The van der Waals surface area contributed by atoms with E-state index in [0.717, 1.165) is 11.1 Å². The topological polar surface area (TPSA) is 107 Å². The first-order chi connectivity index (χ1) is 11.0. The summed E-state index contributed by atoms with van der Waals surface area (Å²) < 4.78 is 5.14. The number of nitro groups is 1. The van der Waals surface area contributed by atoms with Gasteiger partial charge in [0, 0.05) is 25.3 Å². The van der Waals surface area contributed by atoms with Crippen molar-refractivity contribution in [3.05, 3.63) is 69.3 Å². The molecule has 0 aromatic heterocycles. The summed E-state index contributed by atoms with van der Waals surface area (Å²) in [5.41, 5.74) is 7.36. The minimum absolute atomic E-state index is 0.0991. The molecule has 2 rings (SSSR count). The Labute approximate surface area is 133 Å². The number of primary amides is 1. The van der Waals surface area contributed by atoms with Gasteiger partial charge in [-0.3, -0.25) is 14.9 Å². The number of benzene rings is 2. The summed E-state index contributed by atoms with van der Waals surface area (Å²) in [5.74, 6) is -0.704. The van der Waals surface area contributed by atoms with E-state index in [2.05, 4.69) is 5.32 Å². The van der Waals surface area contributed by atoms with E-state index in [1.54, 1.807) is 7.11 Å². The van der Waals surface area contributed by atoms with Gasteiger partial charge >= 0.3 is 0 Å². The second-order valence-corrected chi connectivity index (χ2v) is 4.91. The fourth-order valence-corrected chi connectivity index (χ4v) is 2.20. The molecule has 0 bridgehead atoms. The molecule has 2 aromatic rings. The highest BCUT2D eigenvalue weighted by atomic mass is 16.6. The van der Waals surface area contributed by atoms with E-state index in [-0.39, 0.29) is 11.3 Å². The summed E-state index contributed by atoms with van der Waals surface area (Å²) in [6, 6.07) is 11.8. The van der Waals surface area contributed by atoms with E-state index in [4.69, 9.17) is 10.5 Å². The van der Waals surface area contributed by atoms with Gasteiger partial charge in [-0.05, 0) is 23.3 Å². The molecule has 0 unspecified atom stereocenters. The first-order valence-electron chi connectivity index (χ1n) is 6.90. The van der Waals surface area contributed by atoms with Crippen LogP contribution in [-0.4, -0.2) is 17.9 Å². The fourth-order valence-electron chi connectivity index (χ4n) is 2.20. The third-order valence-electron chi connectivity index (χ3n) is 3.37. The zero-order valence-corrected chi connectivity index (χ0v) is 12.6. The largest absolute Gasteiger partial charge is 0.380 e. The lowest BCUT2D eigenvalue weighted by Crippen LogP contribution is -2.12. The Morgan fingerprint density at radius 3 is 2.57 bits per heavy atom. The average Bonchev–Trinajstić information content (AvgIpc) is 2.54. The maximum absolute atomic E-state index is 11.2. The summed E-state index contributed by atoms with van der Waals surface area (Å²) in [7, 11) is 1.61. The van der Waals surface area contributed by atoms with Crippen LogP contribution in [0.1, 0.15) is 21.5 Å². The standard InChI is InChI=1S/C16H17N3O4/c1-23-10-13-5-3-2-4-12(13)9-18-14-7-6-11(16(17)20)8-15(14)19(21)22/h2-8,18H,9-10H2,1H3,(H2,17,20). The number of carbonyl (C=O) groups excluding carboxylic acids is 1. The molecule has 0 aliphatic rings. The van der Waals surface area contributed by atoms with Gasteiger partial charge in [-0.1, -0.05) is 24.3 Å². The van der Waals surface area contributed by atoms with E-state index in [1.807, 2.05) is 24.3 Å². The van der Waals surface area contributed by atoms with Gasteiger partial charge < -0.3 is 15.8 Å². The van der Waals surface area contributed by atoms with Gasteiger partial charge in [0.25, 0.3) is 5.69 Å². The van der Waals surface area contributed by atoms with Crippen molar-refractivity contribution in [3.63, 3.8) is 0 Å². The Bertz CT molecular complexity index is 731. The zero-order valence-electron chi connectivity index (χ0n) is 12.6. The van der Waals surface area contributed by atoms with Gasteiger partial charge in [0.15, 0.2) is 0 Å². The number of ether oxygens (including phenoxy) is 1. The number of carbonyl (C=O) groups is 1. The number of hydrogen-bond donors (Lipinski definition) is 2. The normalized spacial score (nSPS) is 10.3. The van der Waals surface area contributed by atoms with Gasteiger partial charge in [-0.25, -0.2) is 0 Å². The maximum atomic E-state index is 11.2. The van der Waals surface area contributed by atoms with Crippen molar-refractivity contribution in [2.75, 3.05) is 12.4 Å². The highest BCUT2D eigenvalue weighted by Gasteiger charge is 2.16. The molecule has 0 aliphatic heterocycles. The second-order valence-electron chi connectivity index (χ2n) is 4.91. The van der Waals surface area contributed by atoms with Crippen molar-refractivity contribution in [2.24, 2.45) is 5.73 Å². The molecule has 7 nitrogen and oxygen atoms in total. The van der Waals surface area contributed by atoms with Crippen LogP contribution in [0.25, 0.3) is 0 Å². The molecule has 3 N–H and O–H groups in total. The van der Waals surface area contributed by atoms with Crippen LogP contribution in [0.4, 0.5) is 11.4 Å². The molecule has 1 amide bonds. The predicted molar refractivity (Wildman–Crippen MR) is 86.1 cm³/mol. The highest BCUT2D eigenvalue weighted by Crippen LogP contribution is 2.26. The summed E-state index contributed by atoms with van der Waals surface area (Å²) in [6.07, 6.45) is 0. The summed E-state index contributed by atoms with van der Waals surface area (Å²) in [6.45, 7) is 0.858. The van der Waals surface area contributed by atoms with Gasteiger partial charge in [-0.15, -0.1) is 0 Å². The molecule has 23 heavy (non-hydrogen) atoms. The Hall–Kier alpha value is -2.93. The summed E-state index contributed by atoms with van der Waals surface area (Å²) in [5, 5.41) is 14.2. The van der Waals surface area contributed by atoms with Crippen LogP contribution in [0, 0.1) is 10.1 Å². The lowest BCUT2D eigenvalue weighted by Gasteiger charge is -2.11. The van der Waals surface area contributed by atoms with Gasteiger partial charge in [-0.2, -0.15) is 0 Å². The average molecular weight is 315 g/mol. The lowest BCUT2D eigenvalue weighted by atomic mass is 10.1. The number of anilines is 1. The number of amides is 1. The smallest absolute Gasteiger partial charge is 0.293 e. The Morgan fingerprint density at radius 2 is 1.96 bits per heavy atom. The van der Waals surface area contributed by atoms with Crippen molar-refractivity contribution in [1.29, 1.82) is 0 Å². The van der Waals surface area contributed by atoms with Crippen LogP contribution in [0.5, 0.6) is 0 Å². The predicted octanol–water partition coefficient (Wildman–Crippen LogP) is 2.45. The third kappa shape index (κ3) is 4.04. The van der Waals surface area contributed by atoms with E-state index < -0.39 is 10.8 Å². The third-order valence-corrected chi connectivity index (χ3v) is 3.37. The van der Waals surface area contributed by atoms with Gasteiger partial charge in [0.05, 0.1) is 11.5 Å². The van der Waals surface area contributed by atoms with Crippen molar-refractivity contribution in [3.8, 4) is 0 Å². The fraction of sp³-hybridized carbons (Fsp3) is 0.188. The van der Waals surface area contributed by atoms with E-state index in [0.29, 0.717) is 18.8 Å². The van der Waals surface area contributed by atoms with Crippen LogP contribution in [0.3, 0.4) is 0 Å². The number of nitro benzene ring substituents is 1. The zero-order chi connectivity index (χ0) is 16.8. The van der Waals surface area contributed by atoms with Crippen LogP contribution in [-0.2, 0) is 17.9 Å². The number of nitrogens with one attached hydrogen (secondary N) is 1. The van der Waals surface area contributed by atoms with E-state index >= 15 is 0 Å². The van der Waals surface area contributed by atoms with Crippen molar-refractivity contribution in [2.45, 2.75) is 13.2 Å². The summed E-state index contributed by atoms with van der Waals surface area (Å²) >= 11 is 0. The van der Waals surface area contributed by atoms with E-state index in [1.165, 1.54) is 18.2 Å². The SMILES string of the molecule is COCc1ccccc1CNc1ccc(C(N)=O)cc1[N+](=O)[O-]. The molecule has 120 valence electrons. The molecule has 7 heteroatoms. The van der Waals surface area contributed by atoms with Crippen molar-refractivity contribution < 1.29 is 14.5 Å². The summed E-state index contributed by atoms with van der Waals surface area (Å²) in [4.78, 5) is 21.8. The first kappa shape index (κ1) is 16.4. The molecule has 0 saturated carbocycles. The molecule has 0 aliphatic carbocycles. The molecule has 0 spiro atoms. The molecule has 0 heterocycles. The van der Waals surface area contributed by atoms with Crippen LogP contribution in [0.2, 0.25) is 0 Å². The number of methoxy groups -OCH3 is 1. The Morgan fingerprint density at radius 1 is 1.26 bits per heavy atom. The lowest BCUT2D eigenvalue weighted by molar-refractivity contribution is -0.384. The van der Waals surface area contributed by atoms with Gasteiger partial charge in [0.1, 0.15) is 5.69 Å². The first-order valence-corrected chi connectivity index (χ1v) is 6.90. The molecule has 0 saturated heterocycles. The van der Waals surface area contributed by atoms with Crippen molar-refractivity contribution >= 4 is 17.3 Å². The van der Waals surface area contributed by atoms with Crippen LogP contribution >= 0.6 is 0 Å². The monoisotopic (exact) mass is 315 g/mol. The highest BCUT2D eigenvalue weighted by molar-refractivity contribution is 5.94. The van der Waals surface area contributed by atoms with E-state index in [9.17, 15) is 14.9 Å². The number of rotatable bonds is 7. The van der Waals surface area contributed by atoms with Crippen LogP contribution < -0.4 is 11.1 Å². The molecule has 0 atom stereocenters. The van der Waals surface area contributed by atoms with Gasteiger partial charge in [0.2, 0.25) is 5.91 Å². The molecule has 0 radical (unpaired) electrons. The Balaban J connectivity index is 2.24. The van der Waals surface area contributed by atoms with Crippen molar-refractivity contribution in [1.82, 2.24) is 0 Å². The second kappa shape index (κ2) is 7.37. The number of nitrogens with zero attached hydrogens (tertiary/aromatic N) is 1.